The van der Waals surface area contributed by atoms with Gasteiger partial charge in [-0.1, -0.05) is 32.1 Å². The summed E-state index contributed by atoms with van der Waals surface area (Å²) in [5.41, 5.74) is 2.05. The minimum absolute atomic E-state index is 0.0499. The molecule has 0 saturated carbocycles. The molecule has 1 heterocycles. The second kappa shape index (κ2) is 8.78. The fourth-order valence-corrected chi connectivity index (χ4v) is 3.23. The van der Waals surface area contributed by atoms with E-state index in [0.717, 1.165) is 24.1 Å². The molecule has 0 fully saturated rings. The number of hydrogen-bond donors (Lipinski definition) is 1. The molecule has 4 nitrogen and oxygen atoms in total. The predicted octanol–water partition coefficient (Wildman–Crippen LogP) is 3.61. The van der Waals surface area contributed by atoms with Gasteiger partial charge >= 0.3 is 0 Å². The van der Waals surface area contributed by atoms with Crippen LogP contribution in [0.1, 0.15) is 45.2 Å². The maximum Gasteiger partial charge on any atom is 0.239 e. The second-order valence-corrected chi connectivity index (χ2v) is 7.79. The van der Waals surface area contributed by atoms with Gasteiger partial charge < -0.3 is 10.1 Å². The Morgan fingerprint density at radius 3 is 2.69 bits per heavy atom. The lowest BCUT2D eigenvalue weighted by molar-refractivity contribution is -0.131. The van der Waals surface area contributed by atoms with E-state index in [1.165, 1.54) is 6.07 Å². The first kappa shape index (κ1) is 20.6. The molecule has 1 aliphatic rings. The number of nitrogens with one attached hydrogen (secondary N) is 1. The zero-order valence-corrected chi connectivity index (χ0v) is 16.6. The third-order valence-electron chi connectivity index (χ3n) is 4.98. The van der Waals surface area contributed by atoms with E-state index in [9.17, 15) is 9.18 Å². The Morgan fingerprint density at radius 2 is 2.12 bits per heavy atom. The van der Waals surface area contributed by atoms with Crippen molar-refractivity contribution in [2.24, 2.45) is 5.92 Å². The van der Waals surface area contributed by atoms with E-state index in [-0.39, 0.29) is 18.3 Å². The lowest BCUT2D eigenvalue weighted by Gasteiger charge is -2.39. The smallest absolute Gasteiger partial charge is 0.239 e. The molecule has 0 spiro atoms. The molecule has 1 aromatic carbocycles. The highest BCUT2D eigenvalue weighted by atomic mass is 19.1. The van der Waals surface area contributed by atoms with E-state index in [1.54, 1.807) is 13.2 Å². The zero-order chi connectivity index (χ0) is 19.3. The van der Waals surface area contributed by atoms with Crippen molar-refractivity contribution in [3.63, 3.8) is 0 Å². The Hall–Kier alpha value is -1.72. The van der Waals surface area contributed by atoms with Gasteiger partial charge in [-0.3, -0.25) is 9.69 Å². The Balaban J connectivity index is 2.13. The van der Waals surface area contributed by atoms with Gasteiger partial charge in [-0.2, -0.15) is 0 Å². The van der Waals surface area contributed by atoms with Crippen LogP contribution >= 0.6 is 0 Å². The summed E-state index contributed by atoms with van der Waals surface area (Å²) in [5.74, 6) is 0.240. The van der Waals surface area contributed by atoms with E-state index in [2.05, 4.69) is 30.1 Å². The molecule has 1 aliphatic heterocycles. The fourth-order valence-electron chi connectivity index (χ4n) is 3.23. The molecule has 144 valence electrons. The van der Waals surface area contributed by atoms with E-state index in [4.69, 9.17) is 4.74 Å². The van der Waals surface area contributed by atoms with E-state index in [1.807, 2.05) is 19.9 Å². The molecule has 0 atom stereocenters. The van der Waals surface area contributed by atoms with Crippen LogP contribution in [0.2, 0.25) is 0 Å². The molecule has 2 rings (SSSR count). The van der Waals surface area contributed by atoms with Crippen LogP contribution in [-0.4, -0.2) is 43.1 Å². The van der Waals surface area contributed by atoms with E-state index in [0.29, 0.717) is 24.6 Å². The van der Waals surface area contributed by atoms with Crippen LogP contribution in [0.15, 0.2) is 24.3 Å². The number of carbonyl (C=O) groups is 1. The predicted molar refractivity (Wildman–Crippen MR) is 103 cm³/mol. The van der Waals surface area contributed by atoms with Gasteiger partial charge in [0.1, 0.15) is 5.82 Å². The normalized spacial score (nSPS) is 15.9. The summed E-state index contributed by atoms with van der Waals surface area (Å²) < 4.78 is 19.3. The van der Waals surface area contributed by atoms with Crippen LogP contribution in [0.3, 0.4) is 0 Å². The molecule has 1 amide bonds. The van der Waals surface area contributed by atoms with Gasteiger partial charge in [0.15, 0.2) is 0 Å². The number of hydrogen-bond acceptors (Lipinski definition) is 3. The topological polar surface area (TPSA) is 41.6 Å². The number of halogens is 1. The van der Waals surface area contributed by atoms with Crippen LogP contribution in [-0.2, 0) is 16.1 Å². The molecule has 1 aromatic rings. The van der Waals surface area contributed by atoms with E-state index < -0.39 is 5.54 Å². The van der Waals surface area contributed by atoms with Gasteiger partial charge in [0.25, 0.3) is 0 Å². The van der Waals surface area contributed by atoms with Gasteiger partial charge in [0.2, 0.25) is 5.91 Å². The standard InChI is InChI=1S/C21H31FN2O2/c1-15(2)13-23-20(25)21(3,4)24-11-9-16(10-12-24)17-7-6-8-19(22)18(17)14-26-5/h6-9,15H,10-14H2,1-5H3,(H,23,25). The highest BCUT2D eigenvalue weighted by Crippen LogP contribution is 2.30. The molecule has 5 heteroatoms. The van der Waals surface area contributed by atoms with Crippen LogP contribution in [0.5, 0.6) is 0 Å². The lowest BCUT2D eigenvalue weighted by atomic mass is 9.92. The van der Waals surface area contributed by atoms with Crippen molar-refractivity contribution in [3.8, 4) is 0 Å². The number of amides is 1. The second-order valence-electron chi connectivity index (χ2n) is 7.79. The van der Waals surface area contributed by atoms with Crippen molar-refractivity contribution in [2.75, 3.05) is 26.7 Å². The molecular formula is C21H31FN2O2. The quantitative estimate of drug-likeness (QED) is 0.806. The molecule has 0 radical (unpaired) electrons. The van der Waals surface area contributed by atoms with Gasteiger partial charge in [-0.05, 0) is 43.4 Å². The van der Waals surface area contributed by atoms with Crippen LogP contribution in [0.4, 0.5) is 4.39 Å². The number of methoxy groups -OCH3 is 1. The highest BCUT2D eigenvalue weighted by Gasteiger charge is 2.35. The number of benzene rings is 1. The number of nitrogens with zero attached hydrogens (tertiary/aromatic N) is 1. The van der Waals surface area contributed by atoms with Crippen molar-refractivity contribution in [3.05, 3.63) is 41.2 Å². The fraction of sp³-hybridized carbons (Fsp3) is 0.571. The molecule has 26 heavy (non-hydrogen) atoms. The van der Waals surface area contributed by atoms with Gasteiger partial charge in [0.05, 0.1) is 12.1 Å². The van der Waals surface area contributed by atoms with Gasteiger partial charge in [0, 0.05) is 32.3 Å². The minimum atomic E-state index is -0.575. The third kappa shape index (κ3) is 4.71. The molecule has 0 bridgehead atoms. The average Bonchev–Trinajstić information content (AvgIpc) is 2.61. The maximum absolute atomic E-state index is 14.1. The monoisotopic (exact) mass is 362 g/mol. The highest BCUT2D eigenvalue weighted by molar-refractivity contribution is 5.85. The zero-order valence-electron chi connectivity index (χ0n) is 16.6. The molecule has 0 aromatic heterocycles. The van der Waals surface area contributed by atoms with Crippen molar-refractivity contribution >= 4 is 11.5 Å². The van der Waals surface area contributed by atoms with Gasteiger partial charge in [-0.15, -0.1) is 0 Å². The molecule has 1 N–H and O–H groups in total. The molecule has 0 saturated heterocycles. The summed E-state index contributed by atoms with van der Waals surface area (Å²) in [6.45, 7) is 10.4. The lowest BCUT2D eigenvalue weighted by Crippen LogP contribution is -2.56. The van der Waals surface area contributed by atoms with Crippen molar-refractivity contribution in [1.29, 1.82) is 0 Å². The molecule has 0 aliphatic carbocycles. The number of carbonyl (C=O) groups excluding carboxylic acids is 1. The first-order chi connectivity index (χ1) is 12.3. The maximum atomic E-state index is 14.1. The number of ether oxygens (including phenoxy) is 1. The Labute approximate surface area is 156 Å². The first-order valence-electron chi connectivity index (χ1n) is 9.26. The van der Waals surface area contributed by atoms with Crippen LogP contribution in [0, 0.1) is 11.7 Å². The number of rotatable bonds is 7. The summed E-state index contributed by atoms with van der Waals surface area (Å²) in [6.07, 6.45) is 2.88. The van der Waals surface area contributed by atoms with Crippen molar-refractivity contribution < 1.29 is 13.9 Å². The van der Waals surface area contributed by atoms with Crippen LogP contribution < -0.4 is 5.32 Å². The summed E-state index contributed by atoms with van der Waals surface area (Å²) in [7, 11) is 1.57. The third-order valence-corrected chi connectivity index (χ3v) is 4.98. The Morgan fingerprint density at radius 1 is 1.38 bits per heavy atom. The van der Waals surface area contributed by atoms with E-state index >= 15 is 0 Å². The summed E-state index contributed by atoms with van der Waals surface area (Å²) >= 11 is 0. The van der Waals surface area contributed by atoms with Gasteiger partial charge in [-0.25, -0.2) is 4.39 Å². The molecule has 0 unspecified atom stereocenters. The average molecular weight is 362 g/mol. The van der Waals surface area contributed by atoms with Crippen molar-refractivity contribution in [1.82, 2.24) is 10.2 Å². The summed E-state index contributed by atoms with van der Waals surface area (Å²) in [4.78, 5) is 14.7. The SMILES string of the molecule is COCc1c(F)cccc1C1=CCN(C(C)(C)C(=O)NCC(C)C)CC1. The summed E-state index contributed by atoms with van der Waals surface area (Å²) in [5, 5.41) is 3.03. The first-order valence-corrected chi connectivity index (χ1v) is 9.26. The Kier molecular flexibility index (Phi) is 6.95. The van der Waals surface area contributed by atoms with Crippen LogP contribution in [0.25, 0.3) is 5.57 Å². The van der Waals surface area contributed by atoms with Crippen molar-refractivity contribution in [2.45, 2.75) is 46.3 Å². The minimum Gasteiger partial charge on any atom is -0.380 e. The molecular weight excluding hydrogens is 331 g/mol. The summed E-state index contributed by atoms with van der Waals surface area (Å²) in [6, 6.07) is 5.15. The largest absolute Gasteiger partial charge is 0.380 e. The Bertz CT molecular complexity index is 668.